The number of likely N-dealkylation sites (N-methyl/N-ethyl adjacent to an activating group) is 1. The lowest BCUT2D eigenvalue weighted by molar-refractivity contribution is 0.223. The van der Waals surface area contributed by atoms with Gasteiger partial charge in [0.1, 0.15) is 12.4 Å². The van der Waals surface area contributed by atoms with Crippen LogP contribution in [0.5, 0.6) is 5.75 Å². The van der Waals surface area contributed by atoms with Crippen molar-refractivity contribution in [2.75, 3.05) is 32.1 Å². The maximum atomic E-state index is 5.78. The third kappa shape index (κ3) is 5.06. The highest BCUT2D eigenvalue weighted by molar-refractivity contribution is 6.30. The van der Waals surface area contributed by atoms with Crippen LogP contribution in [0.25, 0.3) is 0 Å². The number of benzene rings is 1. The molecular formula is C12H17Cl2NO. The minimum absolute atomic E-state index is 0.661. The van der Waals surface area contributed by atoms with Crippen LogP contribution >= 0.6 is 23.2 Å². The highest BCUT2D eigenvalue weighted by Crippen LogP contribution is 2.15. The summed E-state index contributed by atoms with van der Waals surface area (Å²) >= 11 is 11.5. The molecule has 1 aromatic rings. The zero-order valence-corrected chi connectivity index (χ0v) is 11.0. The van der Waals surface area contributed by atoms with E-state index in [1.54, 1.807) is 0 Å². The fourth-order valence-electron chi connectivity index (χ4n) is 1.37. The first-order valence-corrected chi connectivity index (χ1v) is 6.34. The van der Waals surface area contributed by atoms with E-state index >= 15 is 0 Å². The van der Waals surface area contributed by atoms with E-state index in [0.29, 0.717) is 12.5 Å². The Morgan fingerprint density at radius 2 is 1.88 bits per heavy atom. The van der Waals surface area contributed by atoms with Gasteiger partial charge in [-0.3, -0.25) is 4.90 Å². The van der Waals surface area contributed by atoms with Crippen LogP contribution in [0.4, 0.5) is 0 Å². The van der Waals surface area contributed by atoms with Crippen LogP contribution in [0, 0.1) is 0 Å². The first-order valence-electron chi connectivity index (χ1n) is 5.43. The second kappa shape index (κ2) is 7.77. The molecule has 2 nitrogen and oxygen atoms in total. The van der Waals surface area contributed by atoms with Crippen LogP contribution in [0.3, 0.4) is 0 Å². The quantitative estimate of drug-likeness (QED) is 0.699. The highest BCUT2D eigenvalue weighted by Gasteiger charge is 2.01. The van der Waals surface area contributed by atoms with E-state index in [1.807, 2.05) is 24.3 Å². The minimum Gasteiger partial charge on any atom is -0.492 e. The molecule has 4 heteroatoms. The average Bonchev–Trinajstić information content (AvgIpc) is 2.30. The Bertz CT molecular complexity index is 290. The molecule has 1 rings (SSSR count). The molecule has 0 bridgehead atoms. The summed E-state index contributed by atoms with van der Waals surface area (Å²) in [7, 11) is 0. The number of nitrogens with zero attached hydrogens (tertiary/aromatic N) is 1. The highest BCUT2D eigenvalue weighted by atomic mass is 35.5. The Hall–Kier alpha value is -0.440. The fraction of sp³-hybridized carbons (Fsp3) is 0.500. The summed E-state index contributed by atoms with van der Waals surface area (Å²) in [6, 6.07) is 7.40. The zero-order valence-electron chi connectivity index (χ0n) is 9.46. The molecule has 16 heavy (non-hydrogen) atoms. The van der Waals surface area contributed by atoms with Crippen LogP contribution in [-0.2, 0) is 0 Å². The second-order valence-corrected chi connectivity index (χ2v) is 4.24. The van der Waals surface area contributed by atoms with Gasteiger partial charge in [-0.05, 0) is 30.8 Å². The van der Waals surface area contributed by atoms with Crippen molar-refractivity contribution in [3.05, 3.63) is 29.3 Å². The number of alkyl halides is 1. The summed E-state index contributed by atoms with van der Waals surface area (Å²) in [6.07, 6.45) is 0. The van der Waals surface area contributed by atoms with Crippen molar-refractivity contribution in [1.29, 1.82) is 0 Å². The predicted octanol–water partition coefficient (Wildman–Crippen LogP) is 3.28. The van der Waals surface area contributed by atoms with Gasteiger partial charge in [-0.15, -0.1) is 11.6 Å². The van der Waals surface area contributed by atoms with E-state index in [0.717, 1.165) is 30.4 Å². The van der Waals surface area contributed by atoms with Crippen molar-refractivity contribution in [3.63, 3.8) is 0 Å². The molecule has 0 spiro atoms. The smallest absolute Gasteiger partial charge is 0.119 e. The van der Waals surface area contributed by atoms with Crippen molar-refractivity contribution >= 4 is 23.2 Å². The standard InChI is InChI=1S/C12H17Cl2NO/c1-2-15(8-7-13)9-10-16-12-5-3-11(14)4-6-12/h3-6H,2,7-10H2,1H3. The summed E-state index contributed by atoms with van der Waals surface area (Å²) < 4.78 is 5.60. The largest absolute Gasteiger partial charge is 0.492 e. The molecule has 0 aliphatic heterocycles. The Morgan fingerprint density at radius 3 is 2.44 bits per heavy atom. The van der Waals surface area contributed by atoms with Crippen molar-refractivity contribution in [2.45, 2.75) is 6.92 Å². The van der Waals surface area contributed by atoms with Gasteiger partial charge in [-0.2, -0.15) is 0 Å². The summed E-state index contributed by atoms with van der Waals surface area (Å²) in [5.41, 5.74) is 0. The van der Waals surface area contributed by atoms with Gasteiger partial charge in [-0.25, -0.2) is 0 Å². The summed E-state index contributed by atoms with van der Waals surface area (Å²) in [5, 5.41) is 0.727. The molecule has 0 aliphatic carbocycles. The zero-order chi connectivity index (χ0) is 11.8. The van der Waals surface area contributed by atoms with Gasteiger partial charge < -0.3 is 4.74 Å². The average molecular weight is 262 g/mol. The lowest BCUT2D eigenvalue weighted by Crippen LogP contribution is -2.30. The number of halogens is 2. The monoisotopic (exact) mass is 261 g/mol. The van der Waals surface area contributed by atoms with Crippen molar-refractivity contribution in [3.8, 4) is 5.75 Å². The predicted molar refractivity (Wildman–Crippen MR) is 69.8 cm³/mol. The Balaban J connectivity index is 2.26. The maximum absolute atomic E-state index is 5.78. The van der Waals surface area contributed by atoms with Gasteiger partial charge in [0, 0.05) is 24.0 Å². The Kier molecular flexibility index (Phi) is 6.62. The Labute approximate surface area is 107 Å². The van der Waals surface area contributed by atoms with Crippen molar-refractivity contribution in [1.82, 2.24) is 4.90 Å². The SMILES string of the molecule is CCN(CCCl)CCOc1ccc(Cl)cc1. The third-order valence-electron chi connectivity index (χ3n) is 2.34. The molecule has 0 aromatic heterocycles. The molecule has 0 aliphatic rings. The van der Waals surface area contributed by atoms with Gasteiger partial charge in [-0.1, -0.05) is 18.5 Å². The summed E-state index contributed by atoms with van der Waals surface area (Å²) in [4.78, 5) is 2.25. The topological polar surface area (TPSA) is 12.5 Å². The number of hydrogen-bond donors (Lipinski definition) is 0. The van der Waals surface area contributed by atoms with Crippen LogP contribution in [0.15, 0.2) is 24.3 Å². The molecular weight excluding hydrogens is 245 g/mol. The van der Waals surface area contributed by atoms with Crippen molar-refractivity contribution in [2.24, 2.45) is 0 Å². The van der Waals surface area contributed by atoms with Gasteiger partial charge >= 0.3 is 0 Å². The van der Waals surface area contributed by atoms with Crippen LogP contribution in [0.2, 0.25) is 5.02 Å². The van der Waals surface area contributed by atoms with E-state index in [4.69, 9.17) is 27.9 Å². The molecule has 0 N–H and O–H groups in total. The van der Waals surface area contributed by atoms with Gasteiger partial charge in [0.25, 0.3) is 0 Å². The molecule has 0 saturated carbocycles. The maximum Gasteiger partial charge on any atom is 0.119 e. The lowest BCUT2D eigenvalue weighted by Gasteiger charge is -2.18. The molecule has 0 radical (unpaired) electrons. The molecule has 0 amide bonds. The van der Waals surface area contributed by atoms with E-state index in [9.17, 15) is 0 Å². The second-order valence-electron chi connectivity index (χ2n) is 3.43. The number of rotatable bonds is 7. The summed E-state index contributed by atoms with van der Waals surface area (Å²) in [5.74, 6) is 1.51. The Morgan fingerprint density at radius 1 is 1.19 bits per heavy atom. The first kappa shape index (κ1) is 13.6. The molecule has 0 heterocycles. The molecule has 0 fully saturated rings. The summed E-state index contributed by atoms with van der Waals surface area (Å²) in [6.45, 7) is 5.59. The normalized spacial score (nSPS) is 10.8. The van der Waals surface area contributed by atoms with Crippen LogP contribution in [0.1, 0.15) is 6.92 Å². The van der Waals surface area contributed by atoms with E-state index in [1.165, 1.54) is 0 Å². The minimum atomic E-state index is 0.661. The van der Waals surface area contributed by atoms with E-state index < -0.39 is 0 Å². The molecule has 0 saturated heterocycles. The first-order chi connectivity index (χ1) is 7.76. The lowest BCUT2D eigenvalue weighted by atomic mass is 10.3. The number of ether oxygens (including phenoxy) is 1. The van der Waals surface area contributed by atoms with Gasteiger partial charge in [0.15, 0.2) is 0 Å². The number of hydrogen-bond acceptors (Lipinski definition) is 2. The van der Waals surface area contributed by atoms with E-state index in [2.05, 4.69) is 11.8 Å². The third-order valence-corrected chi connectivity index (χ3v) is 2.76. The fourth-order valence-corrected chi connectivity index (χ4v) is 1.74. The van der Waals surface area contributed by atoms with Crippen LogP contribution < -0.4 is 4.74 Å². The molecule has 0 unspecified atom stereocenters. The van der Waals surface area contributed by atoms with Gasteiger partial charge in [0.2, 0.25) is 0 Å². The molecule has 90 valence electrons. The van der Waals surface area contributed by atoms with Gasteiger partial charge in [0.05, 0.1) is 0 Å². The van der Waals surface area contributed by atoms with Crippen LogP contribution in [-0.4, -0.2) is 37.0 Å². The molecule has 0 atom stereocenters. The van der Waals surface area contributed by atoms with Crippen molar-refractivity contribution < 1.29 is 4.74 Å². The molecule has 1 aromatic carbocycles. The van der Waals surface area contributed by atoms with E-state index in [-0.39, 0.29) is 0 Å².